The minimum Gasteiger partial charge on any atom is -0.497 e. The summed E-state index contributed by atoms with van der Waals surface area (Å²) in [6.45, 7) is 1.53. The summed E-state index contributed by atoms with van der Waals surface area (Å²) in [7, 11) is 1.58. The minimum absolute atomic E-state index is 0.0712. The van der Waals surface area contributed by atoms with Crippen molar-refractivity contribution in [1.82, 2.24) is 9.55 Å². The number of para-hydroxylation sites is 2. The maximum Gasteiger partial charge on any atom is 0.195 e. The lowest BCUT2D eigenvalue weighted by atomic mass is 10.1. The molecule has 0 aliphatic carbocycles. The summed E-state index contributed by atoms with van der Waals surface area (Å²) >= 11 is 0. The minimum atomic E-state index is -0.163. The molecule has 0 fully saturated rings. The van der Waals surface area contributed by atoms with Gasteiger partial charge in [0.2, 0.25) is 0 Å². The Morgan fingerprint density at radius 1 is 1.09 bits per heavy atom. The van der Waals surface area contributed by atoms with Crippen LogP contribution >= 0.6 is 0 Å². The Labute approximate surface area is 133 Å². The molecule has 3 rings (SSSR count). The van der Waals surface area contributed by atoms with E-state index in [4.69, 9.17) is 4.74 Å². The fourth-order valence-electron chi connectivity index (χ4n) is 2.52. The second-order valence-electron chi connectivity index (χ2n) is 5.22. The van der Waals surface area contributed by atoms with Gasteiger partial charge in [0.05, 0.1) is 24.7 Å². The zero-order valence-corrected chi connectivity index (χ0v) is 12.9. The van der Waals surface area contributed by atoms with Crippen molar-refractivity contribution < 1.29 is 14.3 Å². The molecule has 0 N–H and O–H groups in total. The third kappa shape index (κ3) is 2.85. The number of nitrogens with zero attached hydrogens (tertiary/aromatic N) is 2. The van der Waals surface area contributed by atoms with Crippen molar-refractivity contribution in [3.63, 3.8) is 0 Å². The molecule has 0 aliphatic heterocycles. The first-order valence-electron chi connectivity index (χ1n) is 7.23. The topological polar surface area (TPSA) is 61.2 Å². The van der Waals surface area contributed by atoms with Gasteiger partial charge in [-0.2, -0.15) is 0 Å². The number of Topliss-reactive ketones (excluding diaryl/α,β-unsaturated/α-hetero) is 2. The Kier molecular flexibility index (Phi) is 3.93. The smallest absolute Gasteiger partial charge is 0.195 e. The normalized spacial score (nSPS) is 10.7. The van der Waals surface area contributed by atoms with Gasteiger partial charge in [-0.3, -0.25) is 9.59 Å². The summed E-state index contributed by atoms with van der Waals surface area (Å²) in [5.41, 5.74) is 2.05. The molecule has 1 heterocycles. The van der Waals surface area contributed by atoms with Gasteiger partial charge in [-0.05, 0) is 36.4 Å². The van der Waals surface area contributed by atoms with Crippen LogP contribution in [0.2, 0.25) is 0 Å². The Bertz CT molecular complexity index is 879. The van der Waals surface area contributed by atoms with Crippen LogP contribution in [0.1, 0.15) is 27.9 Å². The molecule has 3 aromatic rings. The lowest BCUT2D eigenvalue weighted by Gasteiger charge is -2.07. The van der Waals surface area contributed by atoms with Gasteiger partial charge in [0.1, 0.15) is 5.75 Å². The molecule has 0 saturated heterocycles. The molecule has 0 unspecified atom stereocenters. The standard InChI is InChI=1S/C18H16N2O3/c1-12(21)18-19-15-5-3-4-6-16(15)20(18)11-17(22)13-7-9-14(23-2)10-8-13/h3-10H,11H2,1-2H3. The predicted molar refractivity (Wildman–Crippen MR) is 87.1 cm³/mol. The molecule has 0 bridgehead atoms. The van der Waals surface area contributed by atoms with E-state index in [1.165, 1.54) is 6.92 Å². The number of ketones is 2. The molecule has 2 aromatic carbocycles. The van der Waals surface area contributed by atoms with Gasteiger partial charge in [0.25, 0.3) is 0 Å². The van der Waals surface area contributed by atoms with Crippen molar-refractivity contribution in [2.75, 3.05) is 7.11 Å². The van der Waals surface area contributed by atoms with Crippen LogP contribution in [0.4, 0.5) is 0 Å². The number of aromatic nitrogens is 2. The summed E-state index contributed by atoms with van der Waals surface area (Å²) in [6, 6.07) is 14.3. The second kappa shape index (κ2) is 6.04. The van der Waals surface area contributed by atoms with Crippen molar-refractivity contribution in [2.24, 2.45) is 0 Å². The zero-order chi connectivity index (χ0) is 16.4. The highest BCUT2D eigenvalue weighted by molar-refractivity contribution is 5.99. The van der Waals surface area contributed by atoms with Gasteiger partial charge in [0.15, 0.2) is 17.4 Å². The van der Waals surface area contributed by atoms with Crippen molar-refractivity contribution in [3.8, 4) is 5.75 Å². The van der Waals surface area contributed by atoms with Crippen molar-refractivity contribution in [1.29, 1.82) is 0 Å². The fourth-order valence-corrected chi connectivity index (χ4v) is 2.52. The largest absolute Gasteiger partial charge is 0.497 e. The van der Waals surface area contributed by atoms with Crippen molar-refractivity contribution >= 4 is 22.6 Å². The van der Waals surface area contributed by atoms with Crippen LogP contribution < -0.4 is 4.74 Å². The first-order chi connectivity index (χ1) is 11.1. The van der Waals surface area contributed by atoms with E-state index in [9.17, 15) is 9.59 Å². The molecule has 1 aromatic heterocycles. The molecular weight excluding hydrogens is 292 g/mol. The number of hydrogen-bond acceptors (Lipinski definition) is 4. The van der Waals surface area contributed by atoms with Crippen LogP contribution in [0, 0.1) is 0 Å². The van der Waals surface area contributed by atoms with Gasteiger partial charge >= 0.3 is 0 Å². The van der Waals surface area contributed by atoms with Gasteiger partial charge in [0, 0.05) is 12.5 Å². The Balaban J connectivity index is 1.98. The molecule has 5 heteroatoms. The average Bonchev–Trinajstić information content (AvgIpc) is 2.94. The van der Waals surface area contributed by atoms with Crippen molar-refractivity contribution in [3.05, 3.63) is 59.9 Å². The van der Waals surface area contributed by atoms with Crippen LogP contribution in [0.15, 0.2) is 48.5 Å². The maximum atomic E-state index is 12.5. The SMILES string of the molecule is COc1ccc(C(=O)Cn2c(C(C)=O)nc3ccccc32)cc1. The van der Waals surface area contributed by atoms with Gasteiger partial charge in [-0.25, -0.2) is 4.98 Å². The number of benzene rings is 2. The number of rotatable bonds is 5. The van der Waals surface area contributed by atoms with E-state index in [0.29, 0.717) is 22.7 Å². The Morgan fingerprint density at radius 3 is 2.43 bits per heavy atom. The summed E-state index contributed by atoms with van der Waals surface area (Å²) in [6.07, 6.45) is 0. The predicted octanol–water partition coefficient (Wildman–Crippen LogP) is 3.13. The van der Waals surface area contributed by atoms with Crippen molar-refractivity contribution in [2.45, 2.75) is 13.5 Å². The first kappa shape index (κ1) is 15.0. The Hall–Kier alpha value is -2.95. The maximum absolute atomic E-state index is 12.5. The first-order valence-corrected chi connectivity index (χ1v) is 7.23. The van der Waals surface area contributed by atoms with Crippen LogP contribution in [-0.4, -0.2) is 28.2 Å². The molecule has 23 heavy (non-hydrogen) atoms. The quantitative estimate of drug-likeness (QED) is 0.679. The van der Waals surface area contributed by atoms with Crippen LogP contribution in [0.3, 0.4) is 0 Å². The molecule has 0 saturated carbocycles. The number of fused-ring (bicyclic) bond motifs is 1. The number of hydrogen-bond donors (Lipinski definition) is 0. The van der Waals surface area contributed by atoms with E-state index in [2.05, 4.69) is 4.98 Å². The molecular formula is C18H16N2O3. The molecule has 0 atom stereocenters. The molecule has 0 aliphatic rings. The fraction of sp³-hybridized carbons (Fsp3) is 0.167. The van der Waals surface area contributed by atoms with Gasteiger partial charge in [-0.15, -0.1) is 0 Å². The summed E-state index contributed by atoms with van der Waals surface area (Å²) in [4.78, 5) is 28.7. The van der Waals surface area contributed by atoms with E-state index in [1.54, 1.807) is 35.9 Å². The average molecular weight is 308 g/mol. The molecule has 116 valence electrons. The molecule has 0 radical (unpaired) electrons. The summed E-state index contributed by atoms with van der Waals surface area (Å²) in [5, 5.41) is 0. The number of carbonyl (C=O) groups excluding carboxylic acids is 2. The Morgan fingerprint density at radius 2 is 1.78 bits per heavy atom. The van der Waals surface area contributed by atoms with E-state index in [0.717, 1.165) is 5.52 Å². The highest BCUT2D eigenvalue weighted by Crippen LogP contribution is 2.18. The number of imidazole rings is 1. The summed E-state index contributed by atoms with van der Waals surface area (Å²) in [5.74, 6) is 0.745. The van der Waals surface area contributed by atoms with Crippen LogP contribution in [-0.2, 0) is 6.54 Å². The third-order valence-corrected chi connectivity index (χ3v) is 3.68. The third-order valence-electron chi connectivity index (χ3n) is 3.68. The van der Waals surface area contributed by atoms with E-state index in [1.807, 2.05) is 24.3 Å². The lowest BCUT2D eigenvalue weighted by Crippen LogP contribution is -2.15. The highest BCUT2D eigenvalue weighted by Gasteiger charge is 2.17. The lowest BCUT2D eigenvalue weighted by molar-refractivity contribution is 0.0966. The van der Waals surface area contributed by atoms with E-state index < -0.39 is 0 Å². The zero-order valence-electron chi connectivity index (χ0n) is 12.9. The summed E-state index contributed by atoms with van der Waals surface area (Å²) < 4.78 is 6.76. The van der Waals surface area contributed by atoms with Crippen LogP contribution in [0.25, 0.3) is 11.0 Å². The van der Waals surface area contributed by atoms with E-state index >= 15 is 0 Å². The molecule has 0 spiro atoms. The number of carbonyl (C=O) groups is 2. The van der Waals surface area contributed by atoms with E-state index in [-0.39, 0.29) is 18.1 Å². The number of methoxy groups -OCH3 is 1. The van der Waals surface area contributed by atoms with Crippen LogP contribution in [0.5, 0.6) is 5.75 Å². The number of ether oxygens (including phenoxy) is 1. The second-order valence-corrected chi connectivity index (χ2v) is 5.22. The van der Waals surface area contributed by atoms with Gasteiger partial charge < -0.3 is 9.30 Å². The molecule has 5 nitrogen and oxygen atoms in total. The monoisotopic (exact) mass is 308 g/mol. The molecule has 0 amide bonds. The van der Waals surface area contributed by atoms with Gasteiger partial charge in [-0.1, -0.05) is 12.1 Å². The highest BCUT2D eigenvalue weighted by atomic mass is 16.5.